The first-order chi connectivity index (χ1) is 9.08. The van der Waals surface area contributed by atoms with E-state index in [1.54, 1.807) is 25.1 Å². The molecule has 0 heterocycles. The summed E-state index contributed by atoms with van der Waals surface area (Å²) in [5.74, 6) is 1.14. The number of thiol groups is 1. The lowest BCUT2D eigenvalue weighted by Gasteiger charge is -2.26. The highest BCUT2D eigenvalue weighted by Crippen LogP contribution is 2.40. The van der Waals surface area contributed by atoms with E-state index in [0.717, 1.165) is 18.6 Å². The Balaban J connectivity index is 2.15. The topological polar surface area (TPSA) is 52.4 Å². The molecule has 0 spiro atoms. The predicted molar refractivity (Wildman–Crippen MR) is 78.1 cm³/mol. The van der Waals surface area contributed by atoms with Crippen molar-refractivity contribution < 1.29 is 9.66 Å². The number of hydrogen-bond donors (Lipinski definition) is 1. The minimum atomic E-state index is -0.368. The van der Waals surface area contributed by atoms with Gasteiger partial charge in [-0.1, -0.05) is 25.0 Å². The number of aryl methyl sites for hydroxylation is 1. The molecule has 0 aromatic heterocycles. The molecule has 0 unspecified atom stereocenters. The molecule has 0 atom stereocenters. The van der Waals surface area contributed by atoms with Crippen molar-refractivity contribution in [2.24, 2.45) is 5.41 Å². The monoisotopic (exact) mass is 281 g/mol. The predicted octanol–water partition coefficient (Wildman–Crippen LogP) is 3.77. The third-order valence-corrected chi connectivity index (χ3v) is 4.59. The summed E-state index contributed by atoms with van der Waals surface area (Å²) < 4.78 is 5.77. The number of nitro benzene ring substituents is 1. The second kappa shape index (κ2) is 5.82. The van der Waals surface area contributed by atoms with Gasteiger partial charge in [0.15, 0.2) is 5.75 Å². The van der Waals surface area contributed by atoms with E-state index in [1.165, 1.54) is 12.8 Å². The van der Waals surface area contributed by atoms with Crippen LogP contribution in [0.15, 0.2) is 18.2 Å². The van der Waals surface area contributed by atoms with Gasteiger partial charge in [0, 0.05) is 11.0 Å². The Labute approximate surface area is 118 Å². The van der Waals surface area contributed by atoms with Crippen LogP contribution in [0, 0.1) is 22.5 Å². The molecule has 1 aromatic carbocycles. The van der Waals surface area contributed by atoms with Gasteiger partial charge in [-0.2, -0.15) is 12.6 Å². The molecule has 1 aliphatic rings. The zero-order chi connectivity index (χ0) is 13.9. The summed E-state index contributed by atoms with van der Waals surface area (Å²) in [5, 5.41) is 11.1. The van der Waals surface area contributed by atoms with Crippen molar-refractivity contribution in [2.45, 2.75) is 32.6 Å². The van der Waals surface area contributed by atoms with Gasteiger partial charge in [-0.05, 0) is 31.6 Å². The fraction of sp³-hybridized carbons (Fsp3) is 0.571. The van der Waals surface area contributed by atoms with Crippen LogP contribution in [0.5, 0.6) is 5.75 Å². The van der Waals surface area contributed by atoms with E-state index in [9.17, 15) is 10.1 Å². The highest BCUT2D eigenvalue weighted by molar-refractivity contribution is 7.80. The van der Waals surface area contributed by atoms with Gasteiger partial charge in [0.05, 0.1) is 11.5 Å². The molecule has 5 heteroatoms. The fourth-order valence-corrected chi connectivity index (χ4v) is 3.09. The van der Waals surface area contributed by atoms with E-state index in [0.29, 0.717) is 17.9 Å². The van der Waals surface area contributed by atoms with Crippen molar-refractivity contribution in [1.29, 1.82) is 0 Å². The quantitative estimate of drug-likeness (QED) is 0.508. The van der Waals surface area contributed by atoms with Gasteiger partial charge in [-0.3, -0.25) is 10.1 Å². The molecule has 1 saturated carbocycles. The molecule has 1 aromatic rings. The summed E-state index contributed by atoms with van der Waals surface area (Å²) in [6.45, 7) is 2.25. The van der Waals surface area contributed by atoms with Crippen LogP contribution in [0.4, 0.5) is 5.69 Å². The second-order valence-corrected chi connectivity index (χ2v) is 5.65. The van der Waals surface area contributed by atoms with Gasteiger partial charge in [0.25, 0.3) is 0 Å². The molecule has 0 amide bonds. The zero-order valence-electron chi connectivity index (χ0n) is 11.1. The molecule has 0 N–H and O–H groups in total. The maximum absolute atomic E-state index is 11.1. The fourth-order valence-electron chi connectivity index (χ4n) is 2.69. The smallest absolute Gasteiger partial charge is 0.313 e. The summed E-state index contributed by atoms with van der Waals surface area (Å²) in [6.07, 6.45) is 4.58. The third-order valence-electron chi connectivity index (χ3n) is 3.92. The van der Waals surface area contributed by atoms with Crippen LogP contribution >= 0.6 is 12.6 Å². The first-order valence-electron chi connectivity index (χ1n) is 6.56. The maximum Gasteiger partial charge on any atom is 0.313 e. The lowest BCUT2D eigenvalue weighted by atomic mass is 9.90. The Bertz CT molecular complexity index is 470. The number of benzene rings is 1. The van der Waals surface area contributed by atoms with E-state index < -0.39 is 0 Å². The molecule has 19 heavy (non-hydrogen) atoms. The molecule has 2 rings (SSSR count). The molecule has 4 nitrogen and oxygen atoms in total. The lowest BCUT2D eigenvalue weighted by Crippen LogP contribution is -2.27. The number of ether oxygens (including phenoxy) is 1. The molecular weight excluding hydrogens is 262 g/mol. The zero-order valence-corrected chi connectivity index (χ0v) is 12.0. The number of hydrogen-bond acceptors (Lipinski definition) is 4. The van der Waals surface area contributed by atoms with E-state index in [2.05, 4.69) is 12.6 Å². The Hall–Kier alpha value is -1.23. The molecule has 1 fully saturated rings. The summed E-state index contributed by atoms with van der Waals surface area (Å²) >= 11 is 4.42. The van der Waals surface area contributed by atoms with Crippen molar-refractivity contribution in [3.63, 3.8) is 0 Å². The van der Waals surface area contributed by atoms with Gasteiger partial charge in [0.1, 0.15) is 0 Å². The normalized spacial score (nSPS) is 17.4. The molecule has 0 radical (unpaired) electrons. The van der Waals surface area contributed by atoms with Crippen LogP contribution in [-0.2, 0) is 0 Å². The lowest BCUT2D eigenvalue weighted by molar-refractivity contribution is -0.386. The van der Waals surface area contributed by atoms with Crippen LogP contribution in [-0.4, -0.2) is 17.3 Å². The van der Waals surface area contributed by atoms with E-state index in [-0.39, 0.29) is 16.0 Å². The molecule has 0 bridgehead atoms. The molecule has 1 aliphatic carbocycles. The highest BCUT2D eigenvalue weighted by atomic mass is 32.1. The Morgan fingerprint density at radius 2 is 2.11 bits per heavy atom. The average molecular weight is 281 g/mol. The van der Waals surface area contributed by atoms with Crippen LogP contribution in [0.25, 0.3) is 0 Å². The second-order valence-electron chi connectivity index (χ2n) is 5.33. The summed E-state index contributed by atoms with van der Waals surface area (Å²) in [6, 6.07) is 5.20. The minimum absolute atomic E-state index is 0.0785. The first kappa shape index (κ1) is 14.2. The SMILES string of the molecule is Cc1cccc(OCC2(CS)CCCC2)c1[N+](=O)[O-]. The van der Waals surface area contributed by atoms with Gasteiger partial charge >= 0.3 is 5.69 Å². The average Bonchev–Trinajstić information content (AvgIpc) is 2.85. The summed E-state index contributed by atoms with van der Waals surface area (Å²) in [4.78, 5) is 10.7. The number of nitrogens with zero attached hydrogens (tertiary/aromatic N) is 1. The van der Waals surface area contributed by atoms with Crippen molar-refractivity contribution >= 4 is 18.3 Å². The van der Waals surface area contributed by atoms with E-state index in [4.69, 9.17) is 4.74 Å². The Morgan fingerprint density at radius 3 is 2.68 bits per heavy atom. The van der Waals surface area contributed by atoms with E-state index >= 15 is 0 Å². The van der Waals surface area contributed by atoms with Gasteiger partial charge in [0.2, 0.25) is 0 Å². The standard InChI is InChI=1S/C14H19NO3S/c1-11-5-4-6-12(13(11)15(16)17)18-9-14(10-19)7-2-3-8-14/h4-6,19H,2-3,7-10H2,1H3. The molecule has 0 aliphatic heterocycles. The molecule has 0 saturated heterocycles. The number of nitro groups is 1. The third kappa shape index (κ3) is 3.03. The first-order valence-corrected chi connectivity index (χ1v) is 7.19. The van der Waals surface area contributed by atoms with Crippen LogP contribution < -0.4 is 4.74 Å². The van der Waals surface area contributed by atoms with Crippen molar-refractivity contribution in [1.82, 2.24) is 0 Å². The largest absolute Gasteiger partial charge is 0.486 e. The minimum Gasteiger partial charge on any atom is -0.486 e. The molecule has 104 valence electrons. The van der Waals surface area contributed by atoms with Crippen LogP contribution in [0.3, 0.4) is 0 Å². The van der Waals surface area contributed by atoms with Crippen molar-refractivity contribution in [3.05, 3.63) is 33.9 Å². The van der Waals surface area contributed by atoms with E-state index in [1.807, 2.05) is 0 Å². The summed E-state index contributed by atoms with van der Waals surface area (Å²) in [7, 11) is 0. The van der Waals surface area contributed by atoms with Gasteiger partial charge < -0.3 is 4.74 Å². The van der Waals surface area contributed by atoms with Crippen LogP contribution in [0.2, 0.25) is 0 Å². The van der Waals surface area contributed by atoms with Gasteiger partial charge in [-0.25, -0.2) is 0 Å². The van der Waals surface area contributed by atoms with Crippen molar-refractivity contribution in [2.75, 3.05) is 12.4 Å². The van der Waals surface area contributed by atoms with Crippen LogP contribution in [0.1, 0.15) is 31.2 Å². The maximum atomic E-state index is 11.1. The highest BCUT2D eigenvalue weighted by Gasteiger charge is 2.34. The molecular formula is C14H19NO3S. The Kier molecular flexibility index (Phi) is 4.34. The summed E-state index contributed by atoms with van der Waals surface area (Å²) in [5.41, 5.74) is 0.796. The van der Waals surface area contributed by atoms with Gasteiger partial charge in [-0.15, -0.1) is 0 Å². The van der Waals surface area contributed by atoms with Crippen molar-refractivity contribution in [3.8, 4) is 5.75 Å². The Morgan fingerprint density at radius 1 is 1.42 bits per heavy atom. The number of rotatable bonds is 5. The number of para-hydroxylation sites is 1.